The molecular formula is C32H39N7O3. The summed E-state index contributed by atoms with van der Waals surface area (Å²) in [5.74, 6) is 1.72. The maximum Gasteiger partial charge on any atom is 0.251 e. The van der Waals surface area contributed by atoms with Crippen molar-refractivity contribution in [3.63, 3.8) is 0 Å². The van der Waals surface area contributed by atoms with E-state index in [1.54, 1.807) is 19.3 Å². The lowest BCUT2D eigenvalue weighted by molar-refractivity contribution is -0.117. The van der Waals surface area contributed by atoms with Gasteiger partial charge < -0.3 is 34.7 Å². The molecule has 1 saturated heterocycles. The Kier molecular flexibility index (Phi) is 7.74. The Morgan fingerprint density at radius 2 is 1.88 bits per heavy atom. The molecule has 10 nitrogen and oxygen atoms in total. The fourth-order valence-corrected chi connectivity index (χ4v) is 5.81. The Morgan fingerprint density at radius 1 is 1.12 bits per heavy atom. The van der Waals surface area contributed by atoms with E-state index in [0.29, 0.717) is 42.4 Å². The molecule has 1 aliphatic carbocycles. The molecule has 0 bridgehead atoms. The topological polar surface area (TPSA) is 105 Å². The second-order valence-electron chi connectivity index (χ2n) is 11.7. The molecule has 0 spiro atoms. The minimum atomic E-state index is -0.247. The quantitative estimate of drug-likeness (QED) is 0.254. The van der Waals surface area contributed by atoms with Crippen molar-refractivity contribution in [2.24, 2.45) is 13.0 Å². The smallest absolute Gasteiger partial charge is 0.251 e. The summed E-state index contributed by atoms with van der Waals surface area (Å²) in [5, 5.41) is 10.6. The van der Waals surface area contributed by atoms with E-state index in [1.807, 2.05) is 38.2 Å². The Balaban J connectivity index is 1.27. The number of nitrogens with zero attached hydrogens (tertiary/aromatic N) is 4. The van der Waals surface area contributed by atoms with Crippen molar-refractivity contribution in [1.82, 2.24) is 35.0 Å². The van der Waals surface area contributed by atoms with Crippen LogP contribution < -0.4 is 20.7 Å². The summed E-state index contributed by atoms with van der Waals surface area (Å²) in [7, 11) is 7.50. The van der Waals surface area contributed by atoms with E-state index in [2.05, 4.69) is 55.4 Å². The van der Waals surface area contributed by atoms with Gasteiger partial charge in [-0.3, -0.25) is 9.59 Å². The number of carbonyl (C=O) groups is 2. The first kappa shape index (κ1) is 28.0. The molecule has 2 aromatic carbocycles. The number of hydrogen-bond donors (Lipinski definition) is 3. The van der Waals surface area contributed by atoms with Crippen LogP contribution in [0.4, 0.5) is 0 Å². The Hall–Kier alpha value is -4.15. The minimum absolute atomic E-state index is 0.173. The summed E-state index contributed by atoms with van der Waals surface area (Å²) in [6.07, 6.45) is 5.88. The number of likely N-dealkylation sites (N-methyl/N-ethyl adjacent to an activating group) is 1. The third-order valence-corrected chi connectivity index (χ3v) is 8.19. The summed E-state index contributed by atoms with van der Waals surface area (Å²) in [6.45, 7) is 2.80. The molecule has 2 aromatic heterocycles. The van der Waals surface area contributed by atoms with E-state index < -0.39 is 0 Å². The fourth-order valence-electron chi connectivity index (χ4n) is 5.81. The van der Waals surface area contributed by atoms with Crippen molar-refractivity contribution in [1.29, 1.82) is 0 Å². The summed E-state index contributed by atoms with van der Waals surface area (Å²) in [4.78, 5) is 32.9. The van der Waals surface area contributed by atoms with E-state index in [4.69, 9.17) is 9.72 Å². The van der Waals surface area contributed by atoms with Gasteiger partial charge in [-0.15, -0.1) is 0 Å². The number of rotatable bonds is 10. The highest BCUT2D eigenvalue weighted by molar-refractivity contribution is 6.00. The van der Waals surface area contributed by atoms with Gasteiger partial charge in [0.05, 0.1) is 30.4 Å². The number of carbonyl (C=O) groups excluding carboxylic acids is 2. The largest absolute Gasteiger partial charge is 0.494 e. The van der Waals surface area contributed by atoms with Crippen molar-refractivity contribution >= 4 is 33.8 Å². The molecule has 0 unspecified atom stereocenters. The van der Waals surface area contributed by atoms with Gasteiger partial charge in [0, 0.05) is 55.8 Å². The minimum Gasteiger partial charge on any atom is -0.494 e. The van der Waals surface area contributed by atoms with Crippen molar-refractivity contribution in [3.8, 4) is 17.3 Å². The maximum atomic E-state index is 13.5. The molecule has 3 heterocycles. The molecule has 0 radical (unpaired) electrons. The van der Waals surface area contributed by atoms with E-state index in [-0.39, 0.29) is 23.9 Å². The normalized spacial score (nSPS) is 18.9. The van der Waals surface area contributed by atoms with Crippen LogP contribution in [0, 0.1) is 5.92 Å². The van der Waals surface area contributed by atoms with Crippen molar-refractivity contribution in [2.45, 2.75) is 31.5 Å². The number of amides is 2. The summed E-state index contributed by atoms with van der Waals surface area (Å²) < 4.78 is 10.2. The lowest BCUT2D eigenvalue weighted by atomic mass is 10.1. The number of aryl methyl sites for hydroxylation is 1. The molecule has 2 fully saturated rings. The van der Waals surface area contributed by atoms with Gasteiger partial charge in [-0.25, -0.2) is 4.98 Å². The van der Waals surface area contributed by atoms with Gasteiger partial charge in [-0.2, -0.15) is 0 Å². The molecule has 2 amide bonds. The second kappa shape index (κ2) is 11.6. The molecule has 1 aliphatic heterocycles. The van der Waals surface area contributed by atoms with Crippen LogP contribution in [-0.4, -0.2) is 83.8 Å². The van der Waals surface area contributed by atoms with E-state index in [0.717, 1.165) is 23.6 Å². The highest BCUT2D eigenvalue weighted by Crippen LogP contribution is 2.37. The van der Waals surface area contributed by atoms with Crippen molar-refractivity contribution in [2.75, 3.05) is 40.8 Å². The van der Waals surface area contributed by atoms with Gasteiger partial charge >= 0.3 is 0 Å². The maximum absolute atomic E-state index is 13.5. The monoisotopic (exact) mass is 569 g/mol. The number of hydrogen-bond acceptors (Lipinski definition) is 6. The van der Waals surface area contributed by atoms with Crippen LogP contribution in [-0.2, 0) is 18.4 Å². The zero-order valence-electron chi connectivity index (χ0n) is 24.7. The molecule has 1 saturated carbocycles. The number of nitrogens with one attached hydrogen (secondary N) is 3. The van der Waals surface area contributed by atoms with Crippen LogP contribution in [0.5, 0.6) is 5.75 Å². The average molecular weight is 570 g/mol. The van der Waals surface area contributed by atoms with Gasteiger partial charge in [0.1, 0.15) is 11.3 Å². The molecule has 2 atom stereocenters. The zero-order valence-corrected chi connectivity index (χ0v) is 24.7. The van der Waals surface area contributed by atoms with E-state index in [1.165, 1.54) is 23.7 Å². The third-order valence-electron chi connectivity index (χ3n) is 8.19. The molecule has 10 heteroatoms. The number of methoxy groups -OCH3 is 1. The molecule has 220 valence electrons. The van der Waals surface area contributed by atoms with E-state index >= 15 is 0 Å². The van der Waals surface area contributed by atoms with Crippen LogP contribution in [0.2, 0.25) is 0 Å². The number of aromatic nitrogens is 3. The van der Waals surface area contributed by atoms with Gasteiger partial charge in [0.25, 0.3) is 5.91 Å². The van der Waals surface area contributed by atoms with Crippen LogP contribution in [0.25, 0.3) is 33.5 Å². The first-order valence-corrected chi connectivity index (χ1v) is 14.6. The molecular weight excluding hydrogens is 530 g/mol. The van der Waals surface area contributed by atoms with Gasteiger partial charge in [0.15, 0.2) is 5.82 Å². The average Bonchev–Trinajstić information content (AvgIpc) is 3.44. The van der Waals surface area contributed by atoms with Crippen molar-refractivity contribution < 1.29 is 14.3 Å². The third kappa shape index (κ3) is 5.64. The van der Waals surface area contributed by atoms with Gasteiger partial charge in [-0.05, 0) is 57.1 Å². The second-order valence-corrected chi connectivity index (χ2v) is 11.7. The Morgan fingerprint density at radius 3 is 2.62 bits per heavy atom. The van der Waals surface area contributed by atoms with Crippen LogP contribution in [0.3, 0.4) is 0 Å². The fraction of sp³-hybridized carbons (Fsp3) is 0.406. The number of fused-ring (bicyclic) bond motifs is 2. The highest BCUT2D eigenvalue weighted by Gasteiger charge is 2.30. The molecule has 2 aliphatic rings. The molecule has 3 N–H and O–H groups in total. The van der Waals surface area contributed by atoms with Crippen molar-refractivity contribution in [3.05, 3.63) is 60.2 Å². The predicted molar refractivity (Wildman–Crippen MR) is 165 cm³/mol. The van der Waals surface area contributed by atoms with E-state index in [9.17, 15) is 9.59 Å². The Labute approximate surface area is 245 Å². The molecule has 4 aromatic rings. The molecule has 42 heavy (non-hydrogen) atoms. The summed E-state index contributed by atoms with van der Waals surface area (Å²) in [6, 6.07) is 13.8. The van der Waals surface area contributed by atoms with Crippen LogP contribution in [0.1, 0.15) is 23.2 Å². The summed E-state index contributed by atoms with van der Waals surface area (Å²) >= 11 is 0. The van der Waals surface area contributed by atoms with Gasteiger partial charge in [0.2, 0.25) is 5.91 Å². The number of para-hydroxylation sites is 1. The zero-order chi connectivity index (χ0) is 29.4. The lowest BCUT2D eigenvalue weighted by Gasteiger charge is -2.21. The molecule has 6 rings (SSSR count). The number of ether oxygens (including phenoxy) is 1. The number of imidazole rings is 1. The Bertz CT molecular complexity index is 1660. The standard InChI is InChI=1S/C32H39N7O3/c1-37(2)13-7-10-29(40)34-24-17-33-18-25(24)36-32(41)22-14-23-30(28(16-22)42-4)38(3)31(35-23)27-15-21-8-5-6-9-26(21)39(27)19-20-11-12-20/h5-10,14-16,20,24-25,33H,11-13,17-19H2,1-4H3,(H,34,40)(H,36,41)/b10-7+/t24-,25-/m1/s1. The van der Waals surface area contributed by atoms with Gasteiger partial charge in [-0.1, -0.05) is 24.3 Å². The van der Waals surface area contributed by atoms with Crippen LogP contribution in [0.15, 0.2) is 54.6 Å². The first-order valence-electron chi connectivity index (χ1n) is 14.6. The SMILES string of the molecule is COc1cc(C(=O)N[C@@H]2CNC[C@H]2NC(=O)/C=C/CN(C)C)cc2nc(-c3cc4ccccc4n3CC3CC3)n(C)c12. The number of benzene rings is 2. The lowest BCUT2D eigenvalue weighted by Crippen LogP contribution is -2.50. The predicted octanol–water partition coefficient (Wildman–Crippen LogP) is 2.92. The highest BCUT2D eigenvalue weighted by atomic mass is 16.5. The summed E-state index contributed by atoms with van der Waals surface area (Å²) in [5.41, 5.74) is 4.26. The first-order chi connectivity index (χ1) is 20.3. The van der Waals surface area contributed by atoms with Crippen LogP contribution >= 0.6 is 0 Å².